The van der Waals surface area contributed by atoms with Gasteiger partial charge in [0.05, 0.1) is 25.8 Å². The number of carbonyl (C=O) groups excluding carboxylic acids is 2. The normalized spacial score (nSPS) is 17.4. The second-order valence-electron chi connectivity index (χ2n) is 8.44. The van der Waals surface area contributed by atoms with Gasteiger partial charge in [-0.2, -0.15) is 0 Å². The molecule has 2 atom stereocenters. The van der Waals surface area contributed by atoms with Gasteiger partial charge in [-0.15, -0.1) is 0 Å². The molecule has 35 heavy (non-hydrogen) atoms. The quantitative estimate of drug-likeness (QED) is 0.517. The Morgan fingerprint density at radius 1 is 0.914 bits per heavy atom. The lowest BCUT2D eigenvalue weighted by Gasteiger charge is -2.37. The molecule has 0 saturated carbocycles. The van der Waals surface area contributed by atoms with E-state index in [2.05, 4.69) is 10.6 Å². The van der Waals surface area contributed by atoms with Crippen molar-refractivity contribution in [1.82, 2.24) is 4.90 Å². The summed E-state index contributed by atoms with van der Waals surface area (Å²) in [5, 5.41) is 5.76. The van der Waals surface area contributed by atoms with Crippen LogP contribution < -0.4 is 20.1 Å². The Labute approximate surface area is 203 Å². The molecule has 3 aromatic carbocycles. The van der Waals surface area contributed by atoms with Crippen LogP contribution in [0.3, 0.4) is 0 Å². The SMILES string of the molecule is COc1ccc(NC(=O)C2CC(c3ccccc3)CN(C(=O)Nc3ccc(F)cc3)C2)c(OC)c1. The summed E-state index contributed by atoms with van der Waals surface area (Å²) in [5.74, 6) is 0.0611. The highest BCUT2D eigenvalue weighted by Gasteiger charge is 2.35. The van der Waals surface area contributed by atoms with E-state index in [0.717, 1.165) is 5.56 Å². The Bertz CT molecular complexity index is 1170. The molecule has 1 saturated heterocycles. The van der Waals surface area contributed by atoms with Crippen LogP contribution in [0, 0.1) is 11.7 Å². The summed E-state index contributed by atoms with van der Waals surface area (Å²) in [7, 11) is 3.09. The minimum atomic E-state index is -0.445. The first kappa shape index (κ1) is 24.1. The molecule has 8 heteroatoms. The Morgan fingerprint density at radius 2 is 1.66 bits per heavy atom. The standard InChI is InChI=1S/C27H28FN3O4/c1-34-23-12-13-24(25(15-23)35-2)30-26(32)20-14-19(18-6-4-3-5-7-18)16-31(17-20)27(33)29-22-10-8-21(28)9-11-22/h3-13,15,19-20H,14,16-17H2,1-2H3,(H,29,33)(H,30,32). The third-order valence-electron chi connectivity index (χ3n) is 6.14. The lowest BCUT2D eigenvalue weighted by molar-refractivity contribution is -0.121. The van der Waals surface area contributed by atoms with Gasteiger partial charge in [-0.05, 0) is 48.4 Å². The number of piperidine rings is 1. The molecular weight excluding hydrogens is 449 g/mol. The first-order valence-corrected chi connectivity index (χ1v) is 11.4. The fourth-order valence-corrected chi connectivity index (χ4v) is 4.29. The van der Waals surface area contributed by atoms with Crippen molar-refractivity contribution in [2.45, 2.75) is 12.3 Å². The monoisotopic (exact) mass is 477 g/mol. The molecule has 0 bridgehead atoms. The predicted octanol–water partition coefficient (Wildman–Crippen LogP) is 5.12. The average Bonchev–Trinajstić information content (AvgIpc) is 2.90. The van der Waals surface area contributed by atoms with Crippen LogP contribution in [0.5, 0.6) is 11.5 Å². The first-order valence-electron chi connectivity index (χ1n) is 11.4. The smallest absolute Gasteiger partial charge is 0.321 e. The van der Waals surface area contributed by atoms with E-state index in [9.17, 15) is 14.0 Å². The maximum Gasteiger partial charge on any atom is 0.321 e. The highest BCUT2D eigenvalue weighted by atomic mass is 19.1. The number of hydrogen-bond donors (Lipinski definition) is 2. The van der Waals surface area contributed by atoms with E-state index in [4.69, 9.17) is 9.47 Å². The van der Waals surface area contributed by atoms with Crippen LogP contribution in [0.1, 0.15) is 17.9 Å². The van der Waals surface area contributed by atoms with E-state index in [1.54, 1.807) is 30.2 Å². The summed E-state index contributed by atoms with van der Waals surface area (Å²) in [6.07, 6.45) is 0.592. The van der Waals surface area contributed by atoms with Gasteiger partial charge in [0.15, 0.2) is 0 Å². The van der Waals surface area contributed by atoms with E-state index in [1.807, 2.05) is 30.3 Å². The van der Waals surface area contributed by atoms with Gasteiger partial charge in [-0.1, -0.05) is 30.3 Å². The summed E-state index contributed by atoms with van der Waals surface area (Å²) in [4.78, 5) is 28.1. The molecule has 3 amide bonds. The van der Waals surface area contributed by atoms with Crippen LogP contribution >= 0.6 is 0 Å². The van der Waals surface area contributed by atoms with Crippen LogP contribution in [-0.4, -0.2) is 44.1 Å². The number of amides is 3. The van der Waals surface area contributed by atoms with E-state index >= 15 is 0 Å². The van der Waals surface area contributed by atoms with Gasteiger partial charge in [-0.3, -0.25) is 4.79 Å². The number of rotatable bonds is 6. The van der Waals surface area contributed by atoms with Crippen molar-refractivity contribution in [2.24, 2.45) is 5.92 Å². The topological polar surface area (TPSA) is 79.9 Å². The minimum absolute atomic E-state index is 0.0163. The van der Waals surface area contributed by atoms with Crippen molar-refractivity contribution < 1.29 is 23.5 Å². The van der Waals surface area contributed by atoms with Gasteiger partial charge < -0.3 is 25.0 Å². The van der Waals surface area contributed by atoms with Gasteiger partial charge in [0.25, 0.3) is 0 Å². The van der Waals surface area contributed by atoms with Gasteiger partial charge in [-0.25, -0.2) is 9.18 Å². The number of halogens is 1. The Balaban J connectivity index is 1.54. The lowest BCUT2D eigenvalue weighted by Crippen LogP contribution is -2.48. The molecule has 0 spiro atoms. The minimum Gasteiger partial charge on any atom is -0.497 e. The van der Waals surface area contributed by atoms with Crippen molar-refractivity contribution in [3.63, 3.8) is 0 Å². The number of benzene rings is 3. The molecule has 4 rings (SSSR count). The molecule has 0 aliphatic carbocycles. The molecule has 182 valence electrons. The van der Waals surface area contributed by atoms with E-state index < -0.39 is 5.92 Å². The number of carbonyl (C=O) groups is 2. The van der Waals surface area contributed by atoms with E-state index in [1.165, 1.54) is 31.4 Å². The molecule has 1 heterocycles. The summed E-state index contributed by atoms with van der Waals surface area (Å²) in [6, 6.07) is 20.3. The van der Waals surface area contributed by atoms with Gasteiger partial charge in [0.1, 0.15) is 17.3 Å². The Morgan fingerprint density at radius 3 is 2.34 bits per heavy atom. The number of hydrogen-bond acceptors (Lipinski definition) is 4. The maximum atomic E-state index is 13.3. The van der Waals surface area contributed by atoms with E-state index in [0.29, 0.717) is 35.8 Å². The largest absolute Gasteiger partial charge is 0.497 e. The molecular formula is C27H28FN3O4. The molecule has 1 aliphatic heterocycles. The summed E-state index contributed by atoms with van der Waals surface area (Å²) >= 11 is 0. The zero-order valence-electron chi connectivity index (χ0n) is 19.7. The predicted molar refractivity (Wildman–Crippen MR) is 132 cm³/mol. The fourth-order valence-electron chi connectivity index (χ4n) is 4.29. The number of nitrogens with zero attached hydrogens (tertiary/aromatic N) is 1. The van der Waals surface area contributed by atoms with Gasteiger partial charge >= 0.3 is 6.03 Å². The van der Waals surface area contributed by atoms with Gasteiger partial charge in [0.2, 0.25) is 5.91 Å². The van der Waals surface area contributed by atoms with Crippen LogP contribution in [0.15, 0.2) is 72.8 Å². The maximum absolute atomic E-state index is 13.3. The fraction of sp³-hybridized carbons (Fsp3) is 0.259. The number of methoxy groups -OCH3 is 2. The molecule has 0 radical (unpaired) electrons. The second kappa shape index (κ2) is 10.9. The molecule has 1 aliphatic rings. The van der Waals surface area contributed by atoms with Gasteiger partial charge in [0, 0.05) is 30.8 Å². The summed E-state index contributed by atoms with van der Waals surface area (Å²) < 4.78 is 23.9. The highest BCUT2D eigenvalue weighted by Crippen LogP contribution is 2.33. The molecule has 7 nitrogen and oxygen atoms in total. The molecule has 2 N–H and O–H groups in total. The first-order chi connectivity index (χ1) is 17.0. The Hall–Kier alpha value is -4.07. The Kier molecular flexibility index (Phi) is 7.50. The number of nitrogens with one attached hydrogen (secondary N) is 2. The van der Waals surface area contributed by atoms with Crippen molar-refractivity contribution in [3.8, 4) is 11.5 Å². The summed E-state index contributed by atoms with van der Waals surface area (Å²) in [6.45, 7) is 0.716. The molecule has 1 fully saturated rings. The van der Waals surface area contributed by atoms with Crippen molar-refractivity contribution >= 4 is 23.3 Å². The zero-order valence-corrected chi connectivity index (χ0v) is 19.7. The number of anilines is 2. The summed E-state index contributed by atoms with van der Waals surface area (Å²) in [5.41, 5.74) is 2.08. The molecule has 3 aromatic rings. The van der Waals surface area contributed by atoms with Crippen LogP contribution in [0.25, 0.3) is 0 Å². The average molecular weight is 478 g/mol. The number of urea groups is 1. The molecule has 0 aromatic heterocycles. The van der Waals surface area contributed by atoms with Crippen LogP contribution in [0.4, 0.5) is 20.6 Å². The molecule has 2 unspecified atom stereocenters. The van der Waals surface area contributed by atoms with Crippen molar-refractivity contribution in [1.29, 1.82) is 0 Å². The third kappa shape index (κ3) is 5.90. The zero-order chi connectivity index (χ0) is 24.8. The second-order valence-corrected chi connectivity index (χ2v) is 8.44. The van der Waals surface area contributed by atoms with Crippen LogP contribution in [0.2, 0.25) is 0 Å². The van der Waals surface area contributed by atoms with E-state index in [-0.39, 0.29) is 30.2 Å². The lowest BCUT2D eigenvalue weighted by atomic mass is 9.84. The third-order valence-corrected chi connectivity index (χ3v) is 6.14. The van der Waals surface area contributed by atoms with Crippen LogP contribution in [-0.2, 0) is 4.79 Å². The van der Waals surface area contributed by atoms with Crippen molar-refractivity contribution in [2.75, 3.05) is 37.9 Å². The highest BCUT2D eigenvalue weighted by molar-refractivity contribution is 5.95. The number of ether oxygens (including phenoxy) is 2. The van der Waals surface area contributed by atoms with Crippen molar-refractivity contribution in [3.05, 3.63) is 84.2 Å². The number of likely N-dealkylation sites (tertiary alicyclic amines) is 1.